The van der Waals surface area contributed by atoms with Gasteiger partial charge in [0.1, 0.15) is 0 Å². The molecular formula is C11H16. The molecule has 1 aromatic rings. The van der Waals surface area contributed by atoms with Gasteiger partial charge in [0.2, 0.25) is 0 Å². The molecule has 1 aromatic carbocycles. The minimum atomic E-state index is 0. The molecule has 0 saturated carbocycles. The summed E-state index contributed by atoms with van der Waals surface area (Å²) in [6, 6.07) is 8.36. The molecule has 0 heterocycles. The highest BCUT2D eigenvalue weighted by Gasteiger charge is 1.87. The van der Waals surface area contributed by atoms with E-state index in [9.17, 15) is 0 Å². The van der Waals surface area contributed by atoms with Crippen LogP contribution in [0, 0.1) is 6.92 Å². The summed E-state index contributed by atoms with van der Waals surface area (Å²) in [5.41, 5.74) is 2.64. The van der Waals surface area contributed by atoms with Gasteiger partial charge in [0.15, 0.2) is 0 Å². The first-order valence-electron chi connectivity index (χ1n) is 3.53. The summed E-state index contributed by atoms with van der Waals surface area (Å²) in [5.74, 6) is 0. The van der Waals surface area contributed by atoms with Crippen LogP contribution in [-0.2, 0) is 0 Å². The van der Waals surface area contributed by atoms with Gasteiger partial charge in [-0.05, 0) is 25.0 Å². The van der Waals surface area contributed by atoms with E-state index >= 15 is 0 Å². The molecule has 0 aliphatic rings. The van der Waals surface area contributed by atoms with Crippen LogP contribution in [0.4, 0.5) is 0 Å². The minimum Gasteiger partial charge on any atom is -0.0871 e. The number of hydrogen-bond acceptors (Lipinski definition) is 0. The zero-order valence-electron chi connectivity index (χ0n) is 6.46. The number of allylic oxidation sites excluding steroid dienone is 1. The van der Waals surface area contributed by atoms with Gasteiger partial charge in [-0.15, -0.1) is 0 Å². The first-order valence-corrected chi connectivity index (χ1v) is 3.53. The number of aryl methyl sites for hydroxylation is 1. The van der Waals surface area contributed by atoms with Gasteiger partial charge in [-0.25, -0.2) is 0 Å². The van der Waals surface area contributed by atoms with E-state index in [2.05, 4.69) is 43.3 Å². The van der Waals surface area contributed by atoms with Crippen LogP contribution in [0.25, 0.3) is 6.08 Å². The fourth-order valence-electron chi connectivity index (χ4n) is 0.953. The van der Waals surface area contributed by atoms with E-state index in [0.29, 0.717) is 0 Å². The third kappa shape index (κ3) is 2.58. The quantitative estimate of drug-likeness (QED) is 0.570. The summed E-state index contributed by atoms with van der Waals surface area (Å²) in [6.45, 7) is 4.15. The van der Waals surface area contributed by atoms with Crippen molar-refractivity contribution in [2.75, 3.05) is 0 Å². The molecule has 0 spiro atoms. The van der Waals surface area contributed by atoms with Crippen molar-refractivity contribution >= 4 is 6.08 Å². The summed E-state index contributed by atoms with van der Waals surface area (Å²) < 4.78 is 0. The molecular weight excluding hydrogens is 132 g/mol. The monoisotopic (exact) mass is 148 g/mol. The second-order valence-corrected chi connectivity index (χ2v) is 2.36. The summed E-state index contributed by atoms with van der Waals surface area (Å²) in [4.78, 5) is 0. The van der Waals surface area contributed by atoms with Crippen LogP contribution in [0.1, 0.15) is 25.5 Å². The minimum absolute atomic E-state index is 0. The molecule has 0 aliphatic carbocycles. The second kappa shape index (κ2) is 4.73. The van der Waals surface area contributed by atoms with E-state index in [4.69, 9.17) is 0 Å². The van der Waals surface area contributed by atoms with Gasteiger partial charge in [-0.2, -0.15) is 0 Å². The summed E-state index contributed by atoms with van der Waals surface area (Å²) >= 11 is 0. The Morgan fingerprint density at radius 2 is 1.82 bits per heavy atom. The molecule has 0 atom stereocenters. The highest BCUT2D eigenvalue weighted by molar-refractivity contribution is 5.52. The Hall–Kier alpha value is -1.04. The van der Waals surface area contributed by atoms with E-state index in [1.165, 1.54) is 11.1 Å². The Kier molecular flexibility index (Phi) is 4.28. The summed E-state index contributed by atoms with van der Waals surface area (Å²) in [7, 11) is 0. The highest BCUT2D eigenvalue weighted by Crippen LogP contribution is 2.07. The van der Waals surface area contributed by atoms with E-state index in [-0.39, 0.29) is 7.43 Å². The predicted molar refractivity (Wildman–Crippen MR) is 52.6 cm³/mol. The summed E-state index contributed by atoms with van der Waals surface area (Å²) in [5, 5.41) is 0. The van der Waals surface area contributed by atoms with Crippen LogP contribution in [-0.4, -0.2) is 0 Å². The predicted octanol–water partition coefficient (Wildman–Crippen LogP) is 3.66. The third-order valence-electron chi connectivity index (χ3n) is 1.53. The molecule has 0 heteroatoms. The van der Waals surface area contributed by atoms with Crippen molar-refractivity contribution < 1.29 is 0 Å². The van der Waals surface area contributed by atoms with Crippen LogP contribution < -0.4 is 0 Å². The standard InChI is InChI=1S/C10H12.CH4/c1-3-6-10-8-5-4-7-9(10)2;/h3-8H,1-2H3;1H4/b6-3+;. The Balaban J connectivity index is 0.000001000. The molecule has 1 rings (SSSR count). The van der Waals surface area contributed by atoms with Gasteiger partial charge in [0, 0.05) is 0 Å². The first-order chi connectivity index (χ1) is 4.84. The smallest absolute Gasteiger partial charge is 0.0231 e. The highest BCUT2D eigenvalue weighted by atomic mass is 13.9. The first kappa shape index (κ1) is 9.96. The molecule has 0 unspecified atom stereocenters. The van der Waals surface area contributed by atoms with E-state index in [1.807, 2.05) is 6.92 Å². The van der Waals surface area contributed by atoms with Crippen LogP contribution in [0.5, 0.6) is 0 Å². The summed E-state index contributed by atoms with van der Waals surface area (Å²) in [6.07, 6.45) is 4.18. The Bertz CT molecular complexity index is 234. The van der Waals surface area contributed by atoms with Gasteiger partial charge in [-0.3, -0.25) is 0 Å². The van der Waals surface area contributed by atoms with Gasteiger partial charge in [0.05, 0.1) is 0 Å². The number of benzene rings is 1. The lowest BCUT2D eigenvalue weighted by molar-refractivity contribution is 1.44. The van der Waals surface area contributed by atoms with E-state index in [1.54, 1.807) is 0 Å². The van der Waals surface area contributed by atoms with E-state index in [0.717, 1.165) is 0 Å². The van der Waals surface area contributed by atoms with Crippen molar-refractivity contribution in [1.29, 1.82) is 0 Å². The molecule has 0 amide bonds. The Morgan fingerprint density at radius 1 is 1.18 bits per heavy atom. The van der Waals surface area contributed by atoms with Gasteiger partial charge >= 0.3 is 0 Å². The largest absolute Gasteiger partial charge is 0.0871 e. The zero-order chi connectivity index (χ0) is 7.40. The molecule has 0 N–H and O–H groups in total. The fraction of sp³-hybridized carbons (Fsp3) is 0.273. The van der Waals surface area contributed by atoms with Crippen molar-refractivity contribution in [3.8, 4) is 0 Å². The van der Waals surface area contributed by atoms with Crippen LogP contribution in [0.15, 0.2) is 30.3 Å². The molecule has 0 fully saturated rings. The third-order valence-corrected chi connectivity index (χ3v) is 1.53. The molecule has 0 bridgehead atoms. The van der Waals surface area contributed by atoms with Crippen LogP contribution in [0.2, 0.25) is 0 Å². The molecule has 60 valence electrons. The van der Waals surface area contributed by atoms with Gasteiger partial charge < -0.3 is 0 Å². The lowest BCUT2D eigenvalue weighted by atomic mass is 10.1. The van der Waals surface area contributed by atoms with Crippen molar-refractivity contribution in [3.63, 3.8) is 0 Å². The van der Waals surface area contributed by atoms with Crippen LogP contribution >= 0.6 is 0 Å². The Labute approximate surface area is 69.6 Å². The van der Waals surface area contributed by atoms with E-state index < -0.39 is 0 Å². The maximum absolute atomic E-state index is 2.12. The lowest BCUT2D eigenvalue weighted by Crippen LogP contribution is -1.76. The number of hydrogen-bond donors (Lipinski definition) is 0. The molecule has 0 saturated heterocycles. The number of rotatable bonds is 1. The molecule has 0 nitrogen and oxygen atoms in total. The topological polar surface area (TPSA) is 0 Å². The molecule has 0 radical (unpaired) electrons. The maximum atomic E-state index is 2.12. The Morgan fingerprint density at radius 3 is 2.36 bits per heavy atom. The SMILES string of the molecule is C.C/C=C/c1ccccc1C. The zero-order valence-corrected chi connectivity index (χ0v) is 6.46. The molecule has 11 heavy (non-hydrogen) atoms. The molecule has 0 aliphatic heterocycles. The van der Waals surface area contributed by atoms with Crippen molar-refractivity contribution in [2.45, 2.75) is 21.3 Å². The van der Waals surface area contributed by atoms with Gasteiger partial charge in [0.25, 0.3) is 0 Å². The second-order valence-electron chi connectivity index (χ2n) is 2.36. The molecule has 0 aromatic heterocycles. The van der Waals surface area contributed by atoms with Crippen molar-refractivity contribution in [3.05, 3.63) is 41.5 Å². The van der Waals surface area contributed by atoms with Crippen LogP contribution in [0.3, 0.4) is 0 Å². The normalized spacial score (nSPS) is 9.64. The van der Waals surface area contributed by atoms with Crippen molar-refractivity contribution in [1.82, 2.24) is 0 Å². The average molecular weight is 148 g/mol. The average Bonchev–Trinajstić information content (AvgIpc) is 1.94. The van der Waals surface area contributed by atoms with Crippen molar-refractivity contribution in [2.24, 2.45) is 0 Å². The lowest BCUT2D eigenvalue weighted by Gasteiger charge is -1.96. The maximum Gasteiger partial charge on any atom is -0.0231 e. The van der Waals surface area contributed by atoms with Gasteiger partial charge in [-0.1, -0.05) is 43.8 Å². The fourth-order valence-corrected chi connectivity index (χ4v) is 0.953.